The molecule has 1 N–H and O–H groups in total. The van der Waals surface area contributed by atoms with Gasteiger partial charge in [-0.3, -0.25) is 4.98 Å². The number of anilines is 1. The van der Waals surface area contributed by atoms with Crippen LogP contribution in [0.5, 0.6) is 11.5 Å². The second-order valence-electron chi connectivity index (χ2n) is 9.21. The molecule has 2 unspecified atom stereocenters. The van der Waals surface area contributed by atoms with Crippen LogP contribution < -0.4 is 19.7 Å². The van der Waals surface area contributed by atoms with Gasteiger partial charge in [0.1, 0.15) is 11.5 Å². The van der Waals surface area contributed by atoms with Crippen molar-refractivity contribution in [2.45, 2.75) is 32.1 Å². The first-order valence-electron chi connectivity index (χ1n) is 12.2. The van der Waals surface area contributed by atoms with E-state index >= 15 is 0 Å². The molecular weight excluding hydrogens is 525 g/mol. The number of benzene rings is 2. The Morgan fingerprint density at radius 3 is 2.33 bits per heavy atom. The molecule has 202 valence electrons. The number of thiocarbonyl (C=S) groups is 1. The monoisotopic (exact) mass is 552 g/mol. The topological polar surface area (TPSA) is 51.6 Å². The van der Waals surface area contributed by atoms with Crippen LogP contribution in [-0.2, 0) is 6.18 Å². The first-order valence-corrected chi connectivity index (χ1v) is 12.6. The summed E-state index contributed by atoms with van der Waals surface area (Å²) in [6.45, 7) is 3.63. The Labute approximate surface area is 230 Å². The highest BCUT2D eigenvalue weighted by molar-refractivity contribution is 7.80. The largest absolute Gasteiger partial charge is 0.497 e. The molecule has 1 aliphatic heterocycles. The highest BCUT2D eigenvalue weighted by Gasteiger charge is 2.44. The molecular formula is C29H27F3N4O2S. The Morgan fingerprint density at radius 2 is 1.67 bits per heavy atom. The first kappa shape index (κ1) is 26.6. The van der Waals surface area contributed by atoms with Gasteiger partial charge in [0, 0.05) is 23.7 Å². The number of alkyl halides is 3. The van der Waals surface area contributed by atoms with Crippen LogP contribution in [0.15, 0.2) is 72.9 Å². The van der Waals surface area contributed by atoms with Gasteiger partial charge in [-0.25, -0.2) is 0 Å². The van der Waals surface area contributed by atoms with Crippen LogP contribution in [0.25, 0.3) is 5.69 Å². The van der Waals surface area contributed by atoms with Crippen LogP contribution in [0.3, 0.4) is 0 Å². The fourth-order valence-corrected chi connectivity index (χ4v) is 5.62. The van der Waals surface area contributed by atoms with E-state index in [1.165, 1.54) is 12.1 Å². The fraction of sp³-hybridized carbons (Fsp3) is 0.241. The van der Waals surface area contributed by atoms with E-state index in [4.69, 9.17) is 21.7 Å². The summed E-state index contributed by atoms with van der Waals surface area (Å²) >= 11 is 5.84. The third-order valence-corrected chi connectivity index (χ3v) is 7.30. The molecule has 2 atom stereocenters. The van der Waals surface area contributed by atoms with Gasteiger partial charge in [0.05, 0.1) is 48.9 Å². The molecule has 39 heavy (non-hydrogen) atoms. The molecule has 1 aliphatic rings. The quantitative estimate of drug-likeness (QED) is 0.269. The molecule has 0 spiro atoms. The lowest BCUT2D eigenvalue weighted by atomic mass is 9.96. The number of aryl methyl sites for hydroxylation is 1. The molecule has 5 rings (SSSR count). The van der Waals surface area contributed by atoms with Crippen molar-refractivity contribution in [1.82, 2.24) is 14.9 Å². The van der Waals surface area contributed by atoms with Crippen LogP contribution in [0.2, 0.25) is 0 Å². The van der Waals surface area contributed by atoms with E-state index in [9.17, 15) is 13.2 Å². The number of halogens is 3. The van der Waals surface area contributed by atoms with E-state index in [1.807, 2.05) is 42.2 Å². The van der Waals surface area contributed by atoms with Crippen molar-refractivity contribution in [3.63, 3.8) is 0 Å². The third-order valence-electron chi connectivity index (χ3n) is 6.98. The van der Waals surface area contributed by atoms with E-state index in [-0.39, 0.29) is 11.7 Å². The third kappa shape index (κ3) is 4.69. The molecule has 0 radical (unpaired) electrons. The average molecular weight is 553 g/mol. The van der Waals surface area contributed by atoms with E-state index < -0.39 is 17.8 Å². The number of pyridine rings is 1. The minimum absolute atomic E-state index is 0.0691. The van der Waals surface area contributed by atoms with Crippen molar-refractivity contribution in [2.24, 2.45) is 0 Å². The number of hydrogen-bond donors (Lipinski definition) is 1. The highest BCUT2D eigenvalue weighted by Crippen LogP contribution is 2.47. The summed E-state index contributed by atoms with van der Waals surface area (Å²) in [5.74, 6) is 1.18. The summed E-state index contributed by atoms with van der Waals surface area (Å²) in [4.78, 5) is 6.51. The van der Waals surface area contributed by atoms with Gasteiger partial charge >= 0.3 is 6.18 Å². The molecule has 4 aromatic rings. The van der Waals surface area contributed by atoms with Gasteiger partial charge < -0.3 is 24.3 Å². The summed E-state index contributed by atoms with van der Waals surface area (Å²) in [7, 11) is 3.15. The van der Waals surface area contributed by atoms with Crippen molar-refractivity contribution in [3.05, 3.63) is 101 Å². The molecule has 0 bridgehead atoms. The molecule has 0 amide bonds. The summed E-state index contributed by atoms with van der Waals surface area (Å²) in [5.41, 5.74) is 2.90. The zero-order valence-electron chi connectivity index (χ0n) is 21.8. The van der Waals surface area contributed by atoms with Crippen molar-refractivity contribution in [2.75, 3.05) is 19.1 Å². The van der Waals surface area contributed by atoms with Gasteiger partial charge in [0.15, 0.2) is 5.11 Å². The van der Waals surface area contributed by atoms with Crippen LogP contribution in [0, 0.1) is 13.8 Å². The number of nitrogens with one attached hydrogen (secondary N) is 1. The molecule has 1 saturated heterocycles. The fourth-order valence-electron chi connectivity index (χ4n) is 5.28. The molecule has 0 saturated carbocycles. The second-order valence-corrected chi connectivity index (χ2v) is 9.60. The summed E-state index contributed by atoms with van der Waals surface area (Å²) in [6, 6.07) is 17.7. The van der Waals surface area contributed by atoms with E-state index in [2.05, 4.69) is 10.3 Å². The number of methoxy groups -OCH3 is 2. The molecule has 1 fully saturated rings. The maximum atomic E-state index is 14.0. The minimum Gasteiger partial charge on any atom is -0.497 e. The molecule has 0 aliphatic carbocycles. The van der Waals surface area contributed by atoms with Gasteiger partial charge in [-0.2, -0.15) is 13.2 Å². The maximum Gasteiger partial charge on any atom is 0.418 e. The van der Waals surface area contributed by atoms with Gasteiger partial charge in [0.25, 0.3) is 0 Å². The summed E-state index contributed by atoms with van der Waals surface area (Å²) in [6.07, 6.45) is -2.80. The molecule has 6 nitrogen and oxygen atoms in total. The molecule has 10 heteroatoms. The second kappa shape index (κ2) is 10.3. The molecule has 3 heterocycles. The van der Waals surface area contributed by atoms with Crippen molar-refractivity contribution < 1.29 is 22.6 Å². The van der Waals surface area contributed by atoms with Crippen LogP contribution in [0.1, 0.15) is 40.3 Å². The summed E-state index contributed by atoms with van der Waals surface area (Å²) in [5, 5.41) is 3.83. The van der Waals surface area contributed by atoms with E-state index in [0.29, 0.717) is 33.7 Å². The standard InChI is InChI=1S/C29H27F3N4O2S/c1-17-15-20(18(2)35(17)23-11-6-5-9-21(23)29(30,31)32)27-26(22-10-7-8-14-33-22)34-28(39)36(27)24-16-19(37-3)12-13-25(24)38-4/h5-16,26-27H,1-4H3,(H,34,39). The maximum absolute atomic E-state index is 14.0. The van der Waals surface area contributed by atoms with Crippen LogP contribution in [0.4, 0.5) is 18.9 Å². The number of aromatic nitrogens is 2. The SMILES string of the molecule is COc1ccc(OC)c(N2C(=S)NC(c3ccccn3)C2c2cc(C)n(-c3ccccc3C(F)(F)F)c2C)c1. The van der Waals surface area contributed by atoms with Crippen LogP contribution >= 0.6 is 12.2 Å². The Bertz CT molecular complexity index is 1520. The Balaban J connectivity index is 1.74. The number of rotatable bonds is 6. The predicted molar refractivity (Wildman–Crippen MR) is 148 cm³/mol. The Morgan fingerprint density at radius 1 is 0.923 bits per heavy atom. The van der Waals surface area contributed by atoms with Gasteiger partial charge in [0.2, 0.25) is 0 Å². The Kier molecular flexibility index (Phi) is 6.98. The molecule has 2 aromatic carbocycles. The van der Waals surface area contributed by atoms with Crippen molar-refractivity contribution in [1.29, 1.82) is 0 Å². The average Bonchev–Trinajstić information content (AvgIpc) is 3.42. The first-order chi connectivity index (χ1) is 18.7. The van der Waals surface area contributed by atoms with E-state index in [1.54, 1.807) is 50.1 Å². The number of para-hydroxylation sites is 1. The predicted octanol–water partition coefficient (Wildman–Crippen LogP) is 6.70. The van der Waals surface area contributed by atoms with Crippen molar-refractivity contribution >= 4 is 23.0 Å². The Hall–Kier alpha value is -4.05. The zero-order valence-corrected chi connectivity index (χ0v) is 22.6. The number of ether oxygens (including phenoxy) is 2. The highest BCUT2D eigenvalue weighted by atomic mass is 32.1. The number of hydrogen-bond acceptors (Lipinski definition) is 4. The lowest BCUT2D eigenvalue weighted by Gasteiger charge is -2.29. The lowest BCUT2D eigenvalue weighted by Crippen LogP contribution is -2.30. The van der Waals surface area contributed by atoms with Gasteiger partial charge in [-0.1, -0.05) is 18.2 Å². The zero-order chi connectivity index (χ0) is 27.9. The van der Waals surface area contributed by atoms with Gasteiger partial charge in [-0.05, 0) is 74.1 Å². The minimum atomic E-state index is -4.51. The smallest absolute Gasteiger partial charge is 0.418 e. The van der Waals surface area contributed by atoms with Crippen molar-refractivity contribution in [3.8, 4) is 17.2 Å². The lowest BCUT2D eigenvalue weighted by molar-refractivity contribution is -0.137. The van der Waals surface area contributed by atoms with Crippen LogP contribution in [-0.4, -0.2) is 28.9 Å². The van der Waals surface area contributed by atoms with Gasteiger partial charge in [-0.15, -0.1) is 0 Å². The normalized spacial score (nSPS) is 17.3. The summed E-state index contributed by atoms with van der Waals surface area (Å²) < 4.78 is 54.8. The number of nitrogens with zero attached hydrogens (tertiary/aromatic N) is 3. The van der Waals surface area contributed by atoms with E-state index in [0.717, 1.165) is 17.3 Å². The molecule has 2 aromatic heterocycles.